The van der Waals surface area contributed by atoms with Crippen molar-refractivity contribution in [3.8, 4) is 11.9 Å². The second kappa shape index (κ2) is 8.42. The molecular weight excluding hydrogens is 409 g/mol. The Kier molecular flexibility index (Phi) is 5.81. The van der Waals surface area contributed by atoms with Gasteiger partial charge in [0.05, 0.1) is 11.6 Å². The number of aromatic nitrogens is 1. The normalized spacial score (nSPS) is 18.0. The van der Waals surface area contributed by atoms with Crippen molar-refractivity contribution in [2.75, 3.05) is 13.1 Å². The number of amides is 1. The maximum atomic E-state index is 14.6. The van der Waals surface area contributed by atoms with Crippen LogP contribution in [0.5, 0.6) is 5.88 Å². The van der Waals surface area contributed by atoms with Gasteiger partial charge < -0.3 is 14.4 Å². The monoisotopic (exact) mass is 437 g/mol. The lowest BCUT2D eigenvalue weighted by atomic mass is 9.93. The van der Waals surface area contributed by atoms with Crippen LogP contribution in [-0.4, -0.2) is 34.7 Å². The molecule has 0 radical (unpaired) electrons. The lowest BCUT2D eigenvalue weighted by molar-refractivity contribution is 0.0203. The highest BCUT2D eigenvalue weighted by atomic mass is 19.1. The Morgan fingerprint density at radius 1 is 1.22 bits per heavy atom. The Morgan fingerprint density at radius 3 is 2.53 bits per heavy atom. The lowest BCUT2D eigenvalue weighted by Gasteiger charge is -2.33. The molecule has 0 atom stereocenters. The van der Waals surface area contributed by atoms with Gasteiger partial charge in [-0.05, 0) is 64.7 Å². The second-order valence-corrected chi connectivity index (χ2v) is 9.55. The number of nitrogens with zero attached hydrogens (tertiary/aromatic N) is 3. The van der Waals surface area contributed by atoms with Gasteiger partial charge in [0.1, 0.15) is 17.0 Å². The van der Waals surface area contributed by atoms with Crippen LogP contribution < -0.4 is 4.74 Å². The Hall–Kier alpha value is -3.14. The van der Waals surface area contributed by atoms with E-state index in [1.807, 2.05) is 39.0 Å². The van der Waals surface area contributed by atoms with Crippen molar-refractivity contribution in [3.05, 3.63) is 59.0 Å². The van der Waals surface area contributed by atoms with E-state index < -0.39 is 17.0 Å². The summed E-state index contributed by atoms with van der Waals surface area (Å²) in [6, 6.07) is 12.1. The molecule has 1 aromatic carbocycles. The minimum absolute atomic E-state index is 0.221. The molecule has 1 saturated carbocycles. The third-order valence-electron chi connectivity index (χ3n) is 5.90. The van der Waals surface area contributed by atoms with E-state index in [-0.39, 0.29) is 12.0 Å². The van der Waals surface area contributed by atoms with Gasteiger partial charge in [-0.3, -0.25) is 0 Å². The van der Waals surface area contributed by atoms with Crippen LogP contribution in [0.15, 0.2) is 36.4 Å². The molecule has 0 bridgehead atoms. The molecule has 1 aliphatic heterocycles. The molecule has 32 heavy (non-hydrogen) atoms. The van der Waals surface area contributed by atoms with Crippen molar-refractivity contribution >= 4 is 6.09 Å². The van der Waals surface area contributed by atoms with Gasteiger partial charge >= 0.3 is 6.09 Å². The summed E-state index contributed by atoms with van der Waals surface area (Å²) in [4.78, 5) is 18.7. The molecule has 2 aromatic rings. The van der Waals surface area contributed by atoms with Crippen molar-refractivity contribution in [3.63, 3.8) is 0 Å². The molecule has 7 heteroatoms. The van der Waals surface area contributed by atoms with Gasteiger partial charge in [-0.2, -0.15) is 5.26 Å². The zero-order valence-corrected chi connectivity index (χ0v) is 18.7. The predicted octanol–water partition coefficient (Wildman–Crippen LogP) is 5.27. The first-order chi connectivity index (χ1) is 15.2. The van der Waals surface area contributed by atoms with E-state index in [4.69, 9.17) is 19.7 Å². The molecule has 0 spiro atoms. The third-order valence-corrected chi connectivity index (χ3v) is 5.90. The number of rotatable bonds is 4. The largest absolute Gasteiger partial charge is 0.466 e. The van der Waals surface area contributed by atoms with E-state index in [0.717, 1.165) is 18.5 Å². The fourth-order valence-corrected chi connectivity index (χ4v) is 4.09. The molecule has 0 unspecified atom stereocenters. The number of benzene rings is 1. The molecule has 6 nitrogen and oxygen atoms in total. The number of carbonyl (C=O) groups excluding carboxylic acids is 1. The number of likely N-dealkylation sites (tertiary alicyclic amines) is 1. The van der Waals surface area contributed by atoms with Crippen LogP contribution in [0.2, 0.25) is 0 Å². The van der Waals surface area contributed by atoms with Crippen molar-refractivity contribution < 1.29 is 18.7 Å². The maximum Gasteiger partial charge on any atom is 0.410 e. The van der Waals surface area contributed by atoms with E-state index in [0.29, 0.717) is 42.9 Å². The number of nitriles is 1. The first-order valence-corrected chi connectivity index (χ1v) is 11.0. The summed E-state index contributed by atoms with van der Waals surface area (Å²) in [7, 11) is 0. The van der Waals surface area contributed by atoms with Gasteiger partial charge in [-0.1, -0.05) is 12.1 Å². The lowest BCUT2D eigenvalue weighted by Crippen LogP contribution is -2.41. The van der Waals surface area contributed by atoms with E-state index in [2.05, 4.69) is 0 Å². The smallest absolute Gasteiger partial charge is 0.410 e. The first-order valence-electron chi connectivity index (χ1n) is 11.0. The number of piperidine rings is 1. The van der Waals surface area contributed by atoms with Crippen LogP contribution in [0.4, 0.5) is 9.18 Å². The summed E-state index contributed by atoms with van der Waals surface area (Å²) in [6.45, 7) is 6.83. The minimum Gasteiger partial charge on any atom is -0.466 e. The average molecular weight is 438 g/mol. The quantitative estimate of drug-likeness (QED) is 0.651. The van der Waals surface area contributed by atoms with Gasteiger partial charge in [-0.15, -0.1) is 0 Å². The summed E-state index contributed by atoms with van der Waals surface area (Å²) in [5.41, 5.74) is 0.453. The standard InChI is InChI=1S/C25H28FN3O3/c1-24(2,3)32-23(30)29-13-9-18(10-14-29)21-5-4-6-22(28-21)31-25(11-12-25)19-8-7-17(16-27)15-20(19)26/h4-8,15,18H,9-14H2,1-3H3. The number of pyridine rings is 1. The first kappa shape index (κ1) is 22.1. The zero-order chi connectivity index (χ0) is 22.9. The highest BCUT2D eigenvalue weighted by molar-refractivity contribution is 5.68. The average Bonchev–Trinajstić information content (AvgIpc) is 3.52. The zero-order valence-electron chi connectivity index (χ0n) is 18.7. The third kappa shape index (κ3) is 4.85. The SMILES string of the molecule is CC(C)(C)OC(=O)N1CCC(c2cccc(OC3(c4ccc(C#N)cc4F)CC3)n2)CC1. The summed E-state index contributed by atoms with van der Waals surface area (Å²) >= 11 is 0. The fourth-order valence-electron chi connectivity index (χ4n) is 4.09. The van der Waals surface area contributed by atoms with Gasteiger partial charge in [0.25, 0.3) is 0 Å². The highest BCUT2D eigenvalue weighted by Gasteiger charge is 2.49. The van der Waals surface area contributed by atoms with E-state index in [1.165, 1.54) is 6.07 Å². The van der Waals surface area contributed by atoms with Crippen molar-refractivity contribution in [2.24, 2.45) is 0 Å². The molecule has 2 aliphatic rings. The predicted molar refractivity (Wildman–Crippen MR) is 117 cm³/mol. The van der Waals surface area contributed by atoms with Crippen LogP contribution in [0.25, 0.3) is 0 Å². The number of halogens is 1. The number of hydrogen-bond acceptors (Lipinski definition) is 5. The topological polar surface area (TPSA) is 75.4 Å². The molecule has 1 amide bonds. The van der Waals surface area contributed by atoms with Gasteiger partial charge in [0.15, 0.2) is 0 Å². The fraction of sp³-hybridized carbons (Fsp3) is 0.480. The molecule has 1 aliphatic carbocycles. The van der Waals surface area contributed by atoms with Crippen LogP contribution in [0, 0.1) is 17.1 Å². The van der Waals surface area contributed by atoms with Crippen molar-refractivity contribution in [2.45, 2.75) is 63.6 Å². The summed E-state index contributed by atoms with van der Waals surface area (Å²) < 4.78 is 26.2. The van der Waals surface area contributed by atoms with Gasteiger partial charge in [0, 0.05) is 36.3 Å². The summed E-state index contributed by atoms with van der Waals surface area (Å²) in [5.74, 6) is 0.268. The number of ether oxygens (including phenoxy) is 2. The van der Waals surface area contributed by atoms with Crippen LogP contribution in [0.3, 0.4) is 0 Å². The maximum absolute atomic E-state index is 14.6. The Bertz CT molecular complexity index is 1050. The number of carbonyl (C=O) groups is 1. The number of hydrogen-bond donors (Lipinski definition) is 0. The minimum atomic E-state index is -0.718. The summed E-state index contributed by atoms with van der Waals surface area (Å²) in [5, 5.41) is 8.97. The van der Waals surface area contributed by atoms with E-state index >= 15 is 0 Å². The van der Waals surface area contributed by atoms with Crippen LogP contribution >= 0.6 is 0 Å². The second-order valence-electron chi connectivity index (χ2n) is 9.55. The van der Waals surface area contributed by atoms with Crippen LogP contribution in [0.1, 0.15) is 69.2 Å². The van der Waals surface area contributed by atoms with Gasteiger partial charge in [-0.25, -0.2) is 14.2 Å². The Balaban J connectivity index is 1.42. The molecule has 1 saturated heterocycles. The van der Waals surface area contributed by atoms with Crippen molar-refractivity contribution in [1.29, 1.82) is 5.26 Å². The molecule has 2 fully saturated rings. The molecule has 2 heterocycles. The van der Waals surface area contributed by atoms with Crippen LogP contribution in [-0.2, 0) is 10.3 Å². The summed E-state index contributed by atoms with van der Waals surface area (Å²) in [6.07, 6.45) is 2.73. The highest BCUT2D eigenvalue weighted by Crippen LogP contribution is 2.50. The molecule has 168 valence electrons. The molecule has 1 aromatic heterocycles. The van der Waals surface area contributed by atoms with E-state index in [1.54, 1.807) is 23.1 Å². The van der Waals surface area contributed by atoms with Gasteiger partial charge in [0.2, 0.25) is 5.88 Å². The Labute approximate surface area is 188 Å². The molecular formula is C25H28FN3O3. The van der Waals surface area contributed by atoms with E-state index in [9.17, 15) is 9.18 Å². The molecule has 0 N–H and O–H groups in total. The Morgan fingerprint density at radius 2 is 1.94 bits per heavy atom. The van der Waals surface area contributed by atoms with Crippen molar-refractivity contribution in [1.82, 2.24) is 9.88 Å². The molecule has 4 rings (SSSR count).